The molecule has 38 heavy (non-hydrogen) atoms. The Labute approximate surface area is 224 Å². The molecule has 1 aromatic heterocycles. The molecule has 0 spiro atoms. The van der Waals surface area contributed by atoms with Crippen LogP contribution < -0.4 is 14.4 Å². The van der Waals surface area contributed by atoms with Crippen LogP contribution in [0.4, 0.5) is 5.13 Å². The first-order valence-electron chi connectivity index (χ1n) is 11.9. The van der Waals surface area contributed by atoms with Gasteiger partial charge in [-0.05, 0) is 43.2 Å². The number of benzene rings is 2. The molecular formula is C28H28N2O7S. The summed E-state index contributed by atoms with van der Waals surface area (Å²) in [6.45, 7) is 6.22. The van der Waals surface area contributed by atoms with Gasteiger partial charge in [-0.15, -0.1) is 0 Å². The number of hydrogen-bond donors (Lipinski definition) is 1. The van der Waals surface area contributed by atoms with Crippen molar-refractivity contribution in [2.75, 3.05) is 25.7 Å². The summed E-state index contributed by atoms with van der Waals surface area (Å²) >= 11 is 0.932. The van der Waals surface area contributed by atoms with Crippen molar-refractivity contribution in [1.29, 1.82) is 0 Å². The summed E-state index contributed by atoms with van der Waals surface area (Å²) in [6, 6.07) is 12.5. The number of amides is 1. The van der Waals surface area contributed by atoms with E-state index in [-0.39, 0.29) is 21.3 Å². The first-order valence-corrected chi connectivity index (χ1v) is 12.7. The summed E-state index contributed by atoms with van der Waals surface area (Å²) < 4.78 is 16.1. The van der Waals surface area contributed by atoms with Crippen molar-refractivity contribution in [3.8, 4) is 11.5 Å². The number of anilines is 1. The summed E-state index contributed by atoms with van der Waals surface area (Å²) in [5, 5.41) is 11.5. The second kappa shape index (κ2) is 11.1. The van der Waals surface area contributed by atoms with Crippen molar-refractivity contribution in [2.45, 2.75) is 26.8 Å². The van der Waals surface area contributed by atoms with E-state index < -0.39 is 23.7 Å². The van der Waals surface area contributed by atoms with Crippen LogP contribution in [0.5, 0.6) is 11.5 Å². The van der Waals surface area contributed by atoms with Crippen molar-refractivity contribution in [2.24, 2.45) is 5.92 Å². The SMILES string of the molecule is COC(=O)c1sc(N2C(=O)C(=O)/C(=C(/O)c3ccc(OCC(C)C)cc3)C2c2ccccc2OC)nc1C. The number of ketones is 1. The second-order valence-corrected chi connectivity index (χ2v) is 10.0. The highest BCUT2D eigenvalue weighted by Crippen LogP contribution is 2.46. The number of methoxy groups -OCH3 is 2. The second-order valence-electron chi connectivity index (χ2n) is 9.04. The molecule has 0 saturated carbocycles. The Balaban J connectivity index is 1.87. The molecule has 198 valence electrons. The number of aliphatic hydroxyl groups is 1. The largest absolute Gasteiger partial charge is 0.507 e. The monoisotopic (exact) mass is 536 g/mol. The Kier molecular flexibility index (Phi) is 7.82. The predicted molar refractivity (Wildman–Crippen MR) is 143 cm³/mol. The normalized spacial score (nSPS) is 16.7. The minimum atomic E-state index is -1.06. The third-order valence-electron chi connectivity index (χ3n) is 5.95. The minimum Gasteiger partial charge on any atom is -0.507 e. The van der Waals surface area contributed by atoms with Gasteiger partial charge in [-0.1, -0.05) is 43.4 Å². The van der Waals surface area contributed by atoms with Gasteiger partial charge in [0.15, 0.2) is 5.13 Å². The highest BCUT2D eigenvalue weighted by molar-refractivity contribution is 7.17. The molecule has 1 saturated heterocycles. The summed E-state index contributed by atoms with van der Waals surface area (Å²) in [4.78, 5) is 44.9. The van der Waals surface area contributed by atoms with Gasteiger partial charge in [-0.3, -0.25) is 14.5 Å². The van der Waals surface area contributed by atoms with Gasteiger partial charge in [-0.2, -0.15) is 0 Å². The average Bonchev–Trinajstić information content (AvgIpc) is 3.43. The molecule has 1 amide bonds. The van der Waals surface area contributed by atoms with Gasteiger partial charge in [0, 0.05) is 11.1 Å². The van der Waals surface area contributed by atoms with Gasteiger partial charge in [-0.25, -0.2) is 9.78 Å². The van der Waals surface area contributed by atoms with Gasteiger partial charge in [0.25, 0.3) is 5.78 Å². The van der Waals surface area contributed by atoms with Crippen molar-refractivity contribution >= 4 is 39.9 Å². The molecule has 0 radical (unpaired) electrons. The lowest BCUT2D eigenvalue weighted by atomic mass is 9.94. The summed E-state index contributed by atoms with van der Waals surface area (Å²) in [6.07, 6.45) is 0. The number of esters is 1. The number of rotatable bonds is 8. The van der Waals surface area contributed by atoms with E-state index in [2.05, 4.69) is 4.98 Å². The van der Waals surface area contributed by atoms with Crippen molar-refractivity contribution < 1.29 is 33.7 Å². The first kappa shape index (κ1) is 26.9. The first-order chi connectivity index (χ1) is 18.2. The summed E-state index contributed by atoms with van der Waals surface area (Å²) in [5.74, 6) is -1.35. The molecule has 3 aromatic rings. The predicted octanol–water partition coefficient (Wildman–Crippen LogP) is 4.91. The summed E-state index contributed by atoms with van der Waals surface area (Å²) in [7, 11) is 2.73. The highest BCUT2D eigenvalue weighted by Gasteiger charge is 2.49. The number of para-hydroxylation sites is 1. The molecule has 1 unspecified atom stereocenters. The number of carbonyl (C=O) groups excluding carboxylic acids is 3. The van der Waals surface area contributed by atoms with Gasteiger partial charge >= 0.3 is 11.9 Å². The molecule has 4 rings (SSSR count). The number of aromatic nitrogens is 1. The van der Waals surface area contributed by atoms with E-state index in [0.717, 1.165) is 11.3 Å². The van der Waals surface area contributed by atoms with Gasteiger partial charge in [0.1, 0.15) is 28.2 Å². The highest BCUT2D eigenvalue weighted by atomic mass is 32.1. The number of hydrogen-bond acceptors (Lipinski definition) is 9. The standard InChI is InChI=1S/C28H28N2O7S/c1-15(2)14-37-18-12-10-17(11-13-18)23(31)21-22(19-8-6-7-9-20(19)35-4)30(26(33)24(21)32)28-29-16(3)25(38-28)27(34)36-5/h6-13,15,22,31H,14H2,1-5H3/b23-21+. The van der Waals surface area contributed by atoms with Crippen molar-refractivity contribution in [3.63, 3.8) is 0 Å². The Bertz CT molecular complexity index is 1410. The third-order valence-corrected chi connectivity index (χ3v) is 7.09. The van der Waals surface area contributed by atoms with Crippen molar-refractivity contribution in [3.05, 3.63) is 75.8 Å². The Morgan fingerprint density at radius 2 is 1.79 bits per heavy atom. The smallest absolute Gasteiger partial charge is 0.350 e. The lowest BCUT2D eigenvalue weighted by Crippen LogP contribution is -2.29. The van der Waals surface area contributed by atoms with E-state index >= 15 is 0 Å². The average molecular weight is 537 g/mol. The molecule has 1 aliphatic heterocycles. The van der Waals surface area contributed by atoms with E-state index in [1.165, 1.54) is 19.1 Å². The summed E-state index contributed by atoms with van der Waals surface area (Å²) in [5.41, 5.74) is 1.04. The van der Waals surface area contributed by atoms with E-state index in [1.807, 2.05) is 13.8 Å². The lowest BCUT2D eigenvalue weighted by molar-refractivity contribution is -0.132. The fraction of sp³-hybridized carbons (Fsp3) is 0.286. The van der Waals surface area contributed by atoms with Crippen LogP contribution in [0.1, 0.15) is 46.4 Å². The maximum atomic E-state index is 13.4. The maximum absolute atomic E-state index is 13.4. The van der Waals surface area contributed by atoms with E-state index in [4.69, 9.17) is 14.2 Å². The van der Waals surface area contributed by atoms with Crippen LogP contribution in [0.2, 0.25) is 0 Å². The van der Waals surface area contributed by atoms with E-state index in [1.54, 1.807) is 55.5 Å². The minimum absolute atomic E-state index is 0.122. The van der Waals surface area contributed by atoms with Gasteiger partial charge < -0.3 is 19.3 Å². The topological polar surface area (TPSA) is 115 Å². The molecular weight excluding hydrogens is 508 g/mol. The zero-order valence-corrected chi connectivity index (χ0v) is 22.5. The van der Waals surface area contributed by atoms with Crippen LogP contribution in [0.3, 0.4) is 0 Å². The van der Waals surface area contributed by atoms with Crippen molar-refractivity contribution in [1.82, 2.24) is 4.98 Å². The van der Waals surface area contributed by atoms with Crippen LogP contribution >= 0.6 is 11.3 Å². The molecule has 1 fully saturated rings. The van der Waals surface area contributed by atoms with Crippen LogP contribution in [0, 0.1) is 12.8 Å². The Hall–Kier alpha value is -4.18. The third kappa shape index (κ3) is 4.99. The Morgan fingerprint density at radius 1 is 1.11 bits per heavy atom. The molecule has 0 bridgehead atoms. The molecule has 2 aromatic carbocycles. The van der Waals surface area contributed by atoms with E-state index in [0.29, 0.717) is 40.8 Å². The molecule has 2 heterocycles. The number of thiazole rings is 1. The maximum Gasteiger partial charge on any atom is 0.350 e. The number of ether oxygens (including phenoxy) is 3. The zero-order valence-electron chi connectivity index (χ0n) is 21.7. The lowest BCUT2D eigenvalue weighted by Gasteiger charge is -2.24. The van der Waals surface area contributed by atoms with Gasteiger partial charge in [0.05, 0.1) is 32.1 Å². The molecule has 9 nitrogen and oxygen atoms in total. The fourth-order valence-electron chi connectivity index (χ4n) is 4.11. The van der Waals surface area contributed by atoms with Crippen LogP contribution in [0.25, 0.3) is 5.76 Å². The molecule has 1 aliphatic rings. The van der Waals surface area contributed by atoms with E-state index in [9.17, 15) is 19.5 Å². The Morgan fingerprint density at radius 3 is 2.42 bits per heavy atom. The quantitative estimate of drug-likeness (QED) is 0.187. The van der Waals surface area contributed by atoms with Crippen LogP contribution in [-0.4, -0.2) is 48.6 Å². The number of aliphatic hydroxyl groups excluding tert-OH is 1. The van der Waals surface area contributed by atoms with Crippen LogP contribution in [-0.2, 0) is 14.3 Å². The molecule has 1 atom stereocenters. The zero-order chi connectivity index (χ0) is 27.6. The number of aryl methyl sites for hydroxylation is 1. The molecule has 1 N–H and O–H groups in total. The number of carbonyl (C=O) groups is 3. The van der Waals surface area contributed by atoms with Gasteiger partial charge in [0.2, 0.25) is 0 Å². The van der Waals surface area contributed by atoms with Crippen LogP contribution in [0.15, 0.2) is 54.1 Å². The molecule has 10 heteroatoms. The fourth-order valence-corrected chi connectivity index (χ4v) is 5.12. The number of nitrogens with zero attached hydrogens (tertiary/aromatic N) is 2. The molecule has 0 aliphatic carbocycles. The number of Topliss-reactive ketones (excluding diaryl/α,β-unsaturated/α-hetero) is 1.